The van der Waals surface area contributed by atoms with Crippen LogP contribution in [0.5, 0.6) is 5.75 Å². The van der Waals surface area contributed by atoms with Crippen molar-refractivity contribution in [2.24, 2.45) is 0 Å². The van der Waals surface area contributed by atoms with E-state index in [4.69, 9.17) is 4.74 Å². The summed E-state index contributed by atoms with van der Waals surface area (Å²) in [5, 5.41) is 12.2. The Hall–Kier alpha value is -2.68. The fraction of sp³-hybridized carbons (Fsp3) is 0.0800. The van der Waals surface area contributed by atoms with Crippen LogP contribution in [-0.4, -0.2) is 19.0 Å². The third-order valence-corrected chi connectivity index (χ3v) is 6.48. The molecule has 0 bridgehead atoms. The number of benzene rings is 3. The molecule has 0 saturated heterocycles. The third kappa shape index (κ3) is 6.91. The highest BCUT2D eigenvalue weighted by molar-refractivity contribution is 14.1. The molecule has 3 rings (SSSR count). The van der Waals surface area contributed by atoms with Crippen LogP contribution < -0.4 is 10.1 Å². The molecule has 1 N–H and O–H groups in total. The second kappa shape index (κ2) is 12.1. The number of hydrogen-bond acceptors (Lipinski definition) is 5. The summed E-state index contributed by atoms with van der Waals surface area (Å²) in [6, 6.07) is 19.6. The van der Waals surface area contributed by atoms with Gasteiger partial charge in [0.1, 0.15) is 24.0 Å². The second-order valence-electron chi connectivity index (χ2n) is 6.92. The second-order valence-corrected chi connectivity index (χ2v) is 9.85. The van der Waals surface area contributed by atoms with Crippen LogP contribution in [0.4, 0.5) is 5.69 Å². The number of rotatable bonds is 7. The molecule has 1 amide bonds. The average molecular weight is 696 g/mol. The Labute approximate surface area is 227 Å². The summed E-state index contributed by atoms with van der Waals surface area (Å²) in [4.78, 5) is 24.1. The van der Waals surface area contributed by atoms with Gasteiger partial charge in [0.15, 0.2) is 0 Å². The van der Waals surface area contributed by atoms with Crippen molar-refractivity contribution in [1.82, 2.24) is 0 Å². The maximum absolute atomic E-state index is 12.6. The first-order valence-electron chi connectivity index (χ1n) is 9.78. The maximum Gasteiger partial charge on any atom is 0.337 e. The maximum atomic E-state index is 12.6. The summed E-state index contributed by atoms with van der Waals surface area (Å²) in [6.45, 7) is 0.400. The molecule has 0 saturated carbocycles. The van der Waals surface area contributed by atoms with Crippen molar-refractivity contribution in [3.05, 3.63) is 95.4 Å². The van der Waals surface area contributed by atoms with Crippen molar-refractivity contribution in [2.45, 2.75) is 6.61 Å². The number of carbonyl (C=O) groups is 2. The van der Waals surface area contributed by atoms with Gasteiger partial charge in [-0.05, 0) is 104 Å². The zero-order chi connectivity index (χ0) is 24.7. The number of amides is 1. The Kier molecular flexibility index (Phi) is 9.27. The number of halogens is 3. The molecule has 0 heterocycles. The van der Waals surface area contributed by atoms with Crippen molar-refractivity contribution < 1.29 is 19.1 Å². The van der Waals surface area contributed by atoms with E-state index in [0.29, 0.717) is 33.6 Å². The standard InChI is InChI=1S/C25H17Br2IN2O4/c1-33-25(32)17-4-8-20(9-5-17)30-24(31)18(13-29)10-16-11-21(27)23(22(28)12-16)34-14-15-2-6-19(26)7-3-15/h2-12H,14H2,1H3,(H,30,31)/b18-10+. The molecule has 0 aliphatic rings. The number of hydrogen-bond donors (Lipinski definition) is 1. The molecule has 3 aromatic rings. The van der Waals surface area contributed by atoms with Gasteiger partial charge in [0.05, 0.1) is 20.7 Å². The number of anilines is 1. The summed E-state index contributed by atoms with van der Waals surface area (Å²) >= 11 is 9.09. The summed E-state index contributed by atoms with van der Waals surface area (Å²) in [7, 11) is 1.29. The topological polar surface area (TPSA) is 88.4 Å². The lowest BCUT2D eigenvalue weighted by Crippen LogP contribution is -2.13. The molecular formula is C25H17Br2IN2O4. The molecule has 0 atom stereocenters. The molecule has 0 radical (unpaired) electrons. The van der Waals surface area contributed by atoms with E-state index in [1.165, 1.54) is 25.3 Å². The van der Waals surface area contributed by atoms with Crippen LogP contribution in [0.25, 0.3) is 6.08 Å². The van der Waals surface area contributed by atoms with E-state index in [9.17, 15) is 14.9 Å². The number of nitriles is 1. The Morgan fingerprint density at radius 1 is 1.09 bits per heavy atom. The van der Waals surface area contributed by atoms with E-state index in [1.807, 2.05) is 36.4 Å². The lowest BCUT2D eigenvalue weighted by Gasteiger charge is -2.12. The van der Waals surface area contributed by atoms with Crippen LogP contribution in [0.3, 0.4) is 0 Å². The summed E-state index contributed by atoms with van der Waals surface area (Å²) in [6.07, 6.45) is 1.50. The monoisotopic (exact) mass is 694 g/mol. The van der Waals surface area contributed by atoms with Gasteiger partial charge in [-0.25, -0.2) is 4.79 Å². The SMILES string of the molecule is COC(=O)c1ccc(NC(=O)/C(C#N)=C/c2cc(Br)c(OCc3ccc(Br)cc3)c(I)c2)cc1. The fourth-order valence-electron chi connectivity index (χ4n) is 2.86. The highest BCUT2D eigenvalue weighted by Crippen LogP contribution is 2.33. The first kappa shape index (κ1) is 25.9. The highest BCUT2D eigenvalue weighted by atomic mass is 127. The molecule has 0 aliphatic carbocycles. The molecule has 0 unspecified atom stereocenters. The van der Waals surface area contributed by atoms with Crippen molar-refractivity contribution in [3.8, 4) is 11.8 Å². The highest BCUT2D eigenvalue weighted by Gasteiger charge is 2.13. The summed E-state index contributed by atoms with van der Waals surface area (Å²) < 4.78 is 13.2. The summed E-state index contributed by atoms with van der Waals surface area (Å²) in [5.74, 6) is -0.357. The molecular weight excluding hydrogens is 679 g/mol. The third-order valence-electron chi connectivity index (χ3n) is 4.56. The lowest BCUT2D eigenvalue weighted by molar-refractivity contribution is -0.112. The molecule has 172 valence electrons. The minimum absolute atomic E-state index is 0.0664. The predicted octanol–water partition coefficient (Wildman–Crippen LogP) is 6.73. The van der Waals surface area contributed by atoms with E-state index in [-0.39, 0.29) is 5.57 Å². The van der Waals surface area contributed by atoms with Crippen LogP contribution in [0.15, 0.2) is 75.2 Å². The van der Waals surface area contributed by atoms with Crippen LogP contribution in [0, 0.1) is 14.9 Å². The first-order valence-corrected chi connectivity index (χ1v) is 12.4. The van der Waals surface area contributed by atoms with Crippen molar-refractivity contribution in [2.75, 3.05) is 12.4 Å². The lowest BCUT2D eigenvalue weighted by atomic mass is 10.1. The van der Waals surface area contributed by atoms with E-state index < -0.39 is 11.9 Å². The van der Waals surface area contributed by atoms with E-state index in [1.54, 1.807) is 18.2 Å². The van der Waals surface area contributed by atoms with Crippen LogP contribution in [-0.2, 0) is 16.1 Å². The fourth-order valence-corrected chi connectivity index (χ4v) is 4.89. The van der Waals surface area contributed by atoms with Crippen molar-refractivity contribution >= 4 is 78.1 Å². The normalized spacial score (nSPS) is 10.9. The van der Waals surface area contributed by atoms with E-state index >= 15 is 0 Å². The number of methoxy groups -OCH3 is 1. The van der Waals surface area contributed by atoms with Crippen molar-refractivity contribution in [3.63, 3.8) is 0 Å². The van der Waals surface area contributed by atoms with Crippen molar-refractivity contribution in [1.29, 1.82) is 5.26 Å². The van der Waals surface area contributed by atoms with Crippen LogP contribution >= 0.6 is 54.5 Å². The van der Waals surface area contributed by atoms with Gasteiger partial charge in [-0.15, -0.1) is 0 Å². The van der Waals surface area contributed by atoms with Gasteiger partial charge in [-0.2, -0.15) is 5.26 Å². The van der Waals surface area contributed by atoms with Gasteiger partial charge >= 0.3 is 5.97 Å². The van der Waals surface area contributed by atoms with Gasteiger partial charge in [0, 0.05) is 10.2 Å². The molecule has 0 fully saturated rings. The molecule has 0 aromatic heterocycles. The van der Waals surface area contributed by atoms with Crippen LogP contribution in [0.2, 0.25) is 0 Å². The number of ether oxygens (including phenoxy) is 2. The van der Waals surface area contributed by atoms with Gasteiger partial charge in [0.25, 0.3) is 5.91 Å². The van der Waals surface area contributed by atoms with Crippen LogP contribution in [0.1, 0.15) is 21.5 Å². The zero-order valence-corrected chi connectivity index (χ0v) is 23.1. The molecule has 6 nitrogen and oxygen atoms in total. The van der Waals surface area contributed by atoms with E-state index in [0.717, 1.165) is 13.6 Å². The van der Waals surface area contributed by atoms with Gasteiger partial charge in [-0.3, -0.25) is 4.79 Å². The Bertz CT molecular complexity index is 1260. The minimum Gasteiger partial charge on any atom is -0.487 e. The van der Waals surface area contributed by atoms with Gasteiger partial charge in [-0.1, -0.05) is 28.1 Å². The zero-order valence-electron chi connectivity index (χ0n) is 17.8. The quantitative estimate of drug-likeness (QED) is 0.128. The Balaban J connectivity index is 1.73. The number of nitrogens with zero attached hydrogens (tertiary/aromatic N) is 1. The molecule has 0 aliphatic heterocycles. The largest absolute Gasteiger partial charge is 0.487 e. The number of nitrogens with one attached hydrogen (secondary N) is 1. The first-order chi connectivity index (χ1) is 16.3. The van der Waals surface area contributed by atoms with E-state index in [2.05, 4.69) is 64.5 Å². The molecule has 34 heavy (non-hydrogen) atoms. The van der Waals surface area contributed by atoms with Gasteiger partial charge < -0.3 is 14.8 Å². The molecule has 0 spiro atoms. The van der Waals surface area contributed by atoms with Gasteiger partial charge in [0.2, 0.25) is 0 Å². The Morgan fingerprint density at radius 3 is 2.35 bits per heavy atom. The minimum atomic E-state index is -0.560. The summed E-state index contributed by atoms with van der Waals surface area (Å²) in [5.41, 5.74) is 2.44. The number of carbonyl (C=O) groups excluding carboxylic acids is 2. The average Bonchev–Trinajstić information content (AvgIpc) is 2.83. The molecule has 3 aromatic carbocycles. The molecule has 9 heteroatoms. The predicted molar refractivity (Wildman–Crippen MR) is 145 cm³/mol. The Morgan fingerprint density at radius 2 is 1.76 bits per heavy atom. The number of esters is 1. The smallest absolute Gasteiger partial charge is 0.337 e.